The Bertz CT molecular complexity index is 1230. The molecule has 0 aliphatic rings. The molecule has 0 aliphatic carbocycles. The minimum absolute atomic E-state index is 0.222. The number of rotatable bonds is 6. The van der Waals surface area contributed by atoms with E-state index >= 15 is 0 Å². The van der Waals surface area contributed by atoms with Crippen molar-refractivity contribution in [2.45, 2.75) is 17.9 Å². The number of aromatic nitrogens is 2. The Morgan fingerprint density at radius 1 is 1.03 bits per heavy atom. The molecule has 0 fully saturated rings. The molecular weight excluding hydrogens is 386 g/mol. The molecule has 4 rings (SSSR count). The van der Waals surface area contributed by atoms with Crippen molar-refractivity contribution >= 4 is 21.1 Å². The molecule has 7 heteroatoms. The Morgan fingerprint density at radius 2 is 1.76 bits per heavy atom. The molecule has 0 radical (unpaired) electrons. The van der Waals surface area contributed by atoms with Gasteiger partial charge in [-0.3, -0.25) is 0 Å². The molecule has 2 N–H and O–H groups in total. The van der Waals surface area contributed by atoms with E-state index < -0.39 is 16.1 Å². The molecular formula is C22H21N3O3S. The summed E-state index contributed by atoms with van der Waals surface area (Å²) in [5, 5.41) is 0.861. The fourth-order valence-electron chi connectivity index (χ4n) is 3.26. The number of nitrogens with zero attached hydrogens (tertiary/aromatic N) is 1. The molecule has 6 nitrogen and oxygen atoms in total. The minimum Gasteiger partial charge on any atom is -0.497 e. The van der Waals surface area contributed by atoms with Gasteiger partial charge in [-0.1, -0.05) is 29.8 Å². The summed E-state index contributed by atoms with van der Waals surface area (Å²) in [6.07, 6.45) is 3.49. The number of nitrogens with one attached hydrogen (secondary N) is 2. The number of aromatic amines is 1. The van der Waals surface area contributed by atoms with Crippen LogP contribution in [0.4, 0.5) is 0 Å². The van der Waals surface area contributed by atoms with Crippen LogP contribution in [0.15, 0.2) is 78.0 Å². The van der Waals surface area contributed by atoms with Crippen molar-refractivity contribution in [3.05, 3.63) is 89.7 Å². The molecule has 29 heavy (non-hydrogen) atoms. The zero-order valence-electron chi connectivity index (χ0n) is 16.1. The van der Waals surface area contributed by atoms with Gasteiger partial charge < -0.3 is 9.72 Å². The van der Waals surface area contributed by atoms with Gasteiger partial charge in [0.15, 0.2) is 0 Å². The molecule has 1 unspecified atom stereocenters. The first-order chi connectivity index (χ1) is 14.0. The van der Waals surface area contributed by atoms with Gasteiger partial charge in [0.2, 0.25) is 10.0 Å². The van der Waals surface area contributed by atoms with E-state index in [1.165, 1.54) is 0 Å². The van der Waals surface area contributed by atoms with Crippen LogP contribution in [0, 0.1) is 6.92 Å². The molecule has 4 aromatic rings. The van der Waals surface area contributed by atoms with E-state index in [1.54, 1.807) is 43.8 Å². The van der Waals surface area contributed by atoms with Crippen LogP contribution in [0.25, 0.3) is 11.0 Å². The fourth-order valence-corrected chi connectivity index (χ4v) is 4.47. The zero-order valence-corrected chi connectivity index (χ0v) is 16.9. The van der Waals surface area contributed by atoms with Gasteiger partial charge in [0.05, 0.1) is 18.0 Å². The Kier molecular flexibility index (Phi) is 5.08. The van der Waals surface area contributed by atoms with Crippen molar-refractivity contribution in [1.29, 1.82) is 0 Å². The van der Waals surface area contributed by atoms with Crippen molar-refractivity contribution in [3.8, 4) is 5.75 Å². The van der Waals surface area contributed by atoms with E-state index in [-0.39, 0.29) is 4.90 Å². The van der Waals surface area contributed by atoms with Crippen molar-refractivity contribution in [2.24, 2.45) is 0 Å². The lowest BCUT2D eigenvalue weighted by Gasteiger charge is -2.19. The van der Waals surface area contributed by atoms with Gasteiger partial charge >= 0.3 is 0 Å². The van der Waals surface area contributed by atoms with Crippen LogP contribution in [0.2, 0.25) is 0 Å². The standard InChI is InChI=1S/C22H21N3O3S/c1-15-5-11-18(12-6-15)29(26,27)25-21(16-7-9-17(28-2)10-8-16)20-14-24-22-19(20)4-3-13-23-22/h3-14,21,25H,1-2H3,(H,23,24). The van der Waals surface area contributed by atoms with Crippen molar-refractivity contribution in [2.75, 3.05) is 7.11 Å². The number of aryl methyl sites for hydroxylation is 1. The molecule has 0 aliphatic heterocycles. The van der Waals surface area contributed by atoms with E-state index in [2.05, 4.69) is 14.7 Å². The summed E-state index contributed by atoms with van der Waals surface area (Å²) in [4.78, 5) is 7.66. The highest BCUT2D eigenvalue weighted by atomic mass is 32.2. The molecule has 2 aromatic carbocycles. The van der Waals surface area contributed by atoms with E-state index in [9.17, 15) is 8.42 Å². The molecule has 0 saturated heterocycles. The highest BCUT2D eigenvalue weighted by Crippen LogP contribution is 2.31. The number of methoxy groups -OCH3 is 1. The first-order valence-electron chi connectivity index (χ1n) is 9.13. The maximum absolute atomic E-state index is 13.1. The van der Waals surface area contributed by atoms with Gasteiger partial charge in [0.25, 0.3) is 0 Å². The quantitative estimate of drug-likeness (QED) is 0.507. The lowest BCUT2D eigenvalue weighted by molar-refractivity contribution is 0.414. The molecule has 0 saturated carbocycles. The lowest BCUT2D eigenvalue weighted by Crippen LogP contribution is -2.29. The van der Waals surface area contributed by atoms with Crippen LogP contribution in [0.1, 0.15) is 22.7 Å². The minimum atomic E-state index is -3.75. The average Bonchev–Trinajstić information content (AvgIpc) is 3.16. The van der Waals surface area contributed by atoms with Crippen molar-refractivity contribution < 1.29 is 13.2 Å². The number of hydrogen-bond acceptors (Lipinski definition) is 4. The number of hydrogen-bond donors (Lipinski definition) is 2. The van der Waals surface area contributed by atoms with E-state index in [0.29, 0.717) is 11.4 Å². The highest BCUT2D eigenvalue weighted by Gasteiger charge is 2.25. The fraction of sp³-hybridized carbons (Fsp3) is 0.136. The number of benzene rings is 2. The third-order valence-corrected chi connectivity index (χ3v) is 6.29. The van der Waals surface area contributed by atoms with Crippen LogP contribution >= 0.6 is 0 Å². The summed E-state index contributed by atoms with van der Waals surface area (Å²) in [5.74, 6) is 0.703. The normalized spacial score (nSPS) is 12.8. The maximum Gasteiger partial charge on any atom is 0.241 e. The molecule has 0 amide bonds. The van der Waals surface area contributed by atoms with Gasteiger partial charge in [-0.2, -0.15) is 4.72 Å². The van der Waals surface area contributed by atoms with Gasteiger partial charge in [-0.15, -0.1) is 0 Å². The first kappa shape index (κ1) is 19.2. The monoisotopic (exact) mass is 407 g/mol. The second-order valence-corrected chi connectivity index (χ2v) is 8.50. The molecule has 0 bridgehead atoms. The van der Waals surface area contributed by atoms with E-state index in [1.807, 2.05) is 43.3 Å². The van der Waals surface area contributed by atoms with Crippen LogP contribution in [0.3, 0.4) is 0 Å². The van der Waals surface area contributed by atoms with Crippen LogP contribution in [-0.4, -0.2) is 25.5 Å². The van der Waals surface area contributed by atoms with Crippen LogP contribution < -0.4 is 9.46 Å². The van der Waals surface area contributed by atoms with Gasteiger partial charge in [-0.05, 0) is 48.9 Å². The number of pyridine rings is 1. The lowest BCUT2D eigenvalue weighted by atomic mass is 10.00. The number of ether oxygens (including phenoxy) is 1. The smallest absolute Gasteiger partial charge is 0.241 e. The van der Waals surface area contributed by atoms with Crippen LogP contribution in [-0.2, 0) is 10.0 Å². The van der Waals surface area contributed by atoms with Gasteiger partial charge in [-0.25, -0.2) is 13.4 Å². The topological polar surface area (TPSA) is 84.1 Å². The van der Waals surface area contributed by atoms with Crippen molar-refractivity contribution in [1.82, 2.24) is 14.7 Å². The molecule has 2 heterocycles. The molecule has 148 valence electrons. The third kappa shape index (κ3) is 3.87. The Labute approximate surface area is 169 Å². The largest absolute Gasteiger partial charge is 0.497 e. The summed E-state index contributed by atoms with van der Waals surface area (Å²) in [6, 6.07) is 17.3. The number of H-pyrrole nitrogens is 1. The summed E-state index contributed by atoms with van der Waals surface area (Å²) in [7, 11) is -2.16. The summed E-state index contributed by atoms with van der Waals surface area (Å²) in [5.41, 5.74) is 3.30. The third-order valence-electron chi connectivity index (χ3n) is 4.85. The second kappa shape index (κ2) is 7.69. The van der Waals surface area contributed by atoms with Gasteiger partial charge in [0.1, 0.15) is 11.4 Å². The molecule has 0 spiro atoms. The Balaban J connectivity index is 1.80. The molecule has 1 atom stereocenters. The van der Waals surface area contributed by atoms with Crippen molar-refractivity contribution in [3.63, 3.8) is 0 Å². The summed E-state index contributed by atoms with van der Waals surface area (Å²) >= 11 is 0. The van der Waals surface area contributed by atoms with E-state index in [4.69, 9.17) is 4.74 Å². The highest BCUT2D eigenvalue weighted by molar-refractivity contribution is 7.89. The molecule has 2 aromatic heterocycles. The maximum atomic E-state index is 13.1. The SMILES string of the molecule is COc1ccc(C(NS(=O)(=O)c2ccc(C)cc2)c2c[nH]c3ncccc23)cc1. The predicted molar refractivity (Wildman–Crippen MR) is 112 cm³/mol. The Hall–Kier alpha value is -3.16. The number of sulfonamides is 1. The van der Waals surface area contributed by atoms with Crippen LogP contribution in [0.5, 0.6) is 5.75 Å². The first-order valence-corrected chi connectivity index (χ1v) is 10.6. The zero-order chi connectivity index (χ0) is 20.4. The average molecular weight is 407 g/mol. The Morgan fingerprint density at radius 3 is 2.45 bits per heavy atom. The van der Waals surface area contributed by atoms with Gasteiger partial charge in [0, 0.05) is 23.3 Å². The second-order valence-electron chi connectivity index (χ2n) is 6.78. The summed E-state index contributed by atoms with van der Waals surface area (Å²) < 4.78 is 34.3. The predicted octanol–water partition coefficient (Wildman–Crippen LogP) is 3.95. The van der Waals surface area contributed by atoms with E-state index in [0.717, 1.165) is 22.1 Å². The number of fused-ring (bicyclic) bond motifs is 1. The summed E-state index contributed by atoms with van der Waals surface area (Å²) in [6.45, 7) is 1.92.